The van der Waals surface area contributed by atoms with E-state index >= 15 is 0 Å². The number of carboxylic acid groups (broad SMARTS) is 1. The molecule has 0 bridgehead atoms. The molecule has 8 heteroatoms. The van der Waals surface area contributed by atoms with E-state index in [1.807, 2.05) is 39.0 Å². The van der Waals surface area contributed by atoms with Crippen LogP contribution in [0.25, 0.3) is 5.57 Å². The SMILES string of the molecule is CCCCCCCCCCCCOc1cc(C2=C(O)C(=CC3=[N+](CC)c4ccc(C(=O)O)cc4C3(C)C)C2=O)cc(OCCCCCCCCCCCC)c1OCCCCCCCCCCCC. The molecule has 0 atom stereocenters. The lowest BCUT2D eigenvalue weighted by Crippen LogP contribution is -2.31. The number of carbonyl (C=O) groups excluding carboxylic acids is 1. The van der Waals surface area contributed by atoms with E-state index in [9.17, 15) is 19.8 Å². The van der Waals surface area contributed by atoms with Crippen LogP contribution in [0.3, 0.4) is 0 Å². The number of rotatable bonds is 40. The van der Waals surface area contributed by atoms with E-state index < -0.39 is 11.4 Å². The van der Waals surface area contributed by atoms with Crippen molar-refractivity contribution in [3.8, 4) is 17.2 Å². The zero-order valence-electron chi connectivity index (χ0n) is 43.9. The molecule has 2 aliphatic rings. The van der Waals surface area contributed by atoms with Gasteiger partial charge in [-0.05, 0) is 69.9 Å². The normalized spacial score (nSPS) is 14.8. The van der Waals surface area contributed by atoms with Crippen molar-refractivity contribution in [2.45, 2.75) is 240 Å². The Morgan fingerprint density at radius 2 is 0.971 bits per heavy atom. The number of aromatic carboxylic acids is 1. The maximum Gasteiger partial charge on any atom is 0.335 e. The molecular formula is C60H94NO7+. The third kappa shape index (κ3) is 17.7. The van der Waals surface area contributed by atoms with Crippen molar-refractivity contribution in [1.29, 1.82) is 0 Å². The number of Topliss-reactive ketones (excluding diaryl/α,β-unsaturated/α-hetero) is 1. The zero-order valence-corrected chi connectivity index (χ0v) is 43.9. The van der Waals surface area contributed by atoms with Crippen LogP contribution in [0.1, 0.15) is 256 Å². The predicted octanol–water partition coefficient (Wildman–Crippen LogP) is 17.2. The Balaban J connectivity index is 1.55. The van der Waals surface area contributed by atoms with Gasteiger partial charge in [-0.3, -0.25) is 4.79 Å². The van der Waals surface area contributed by atoms with E-state index in [2.05, 4.69) is 25.3 Å². The number of unbranched alkanes of at least 4 members (excludes halogenated alkanes) is 27. The highest BCUT2D eigenvalue weighted by Crippen LogP contribution is 2.47. The summed E-state index contributed by atoms with van der Waals surface area (Å²) < 4.78 is 21.9. The first-order chi connectivity index (χ1) is 33.1. The molecule has 1 aliphatic carbocycles. The molecule has 1 aliphatic heterocycles. The molecule has 4 rings (SSSR count). The number of benzene rings is 2. The first kappa shape index (κ1) is 56.5. The van der Waals surface area contributed by atoms with Gasteiger partial charge < -0.3 is 24.4 Å². The minimum Gasteiger partial charge on any atom is -0.506 e. The van der Waals surface area contributed by atoms with Crippen LogP contribution >= 0.6 is 0 Å². The van der Waals surface area contributed by atoms with E-state index in [4.69, 9.17) is 14.2 Å². The van der Waals surface area contributed by atoms with Crippen LogP contribution in [0.5, 0.6) is 17.2 Å². The van der Waals surface area contributed by atoms with E-state index in [1.54, 1.807) is 18.2 Å². The molecule has 0 aromatic heterocycles. The number of nitrogens with zero attached hydrogens (tertiary/aromatic N) is 1. The molecule has 0 saturated carbocycles. The van der Waals surface area contributed by atoms with Crippen molar-refractivity contribution in [1.82, 2.24) is 0 Å². The summed E-state index contributed by atoms with van der Waals surface area (Å²) in [6.45, 7) is 15.1. The largest absolute Gasteiger partial charge is 0.506 e. The van der Waals surface area contributed by atoms with Gasteiger partial charge in [-0.15, -0.1) is 0 Å². The molecule has 0 radical (unpaired) electrons. The third-order valence-corrected chi connectivity index (χ3v) is 14.3. The second-order valence-corrected chi connectivity index (χ2v) is 20.3. The van der Waals surface area contributed by atoms with Crippen LogP contribution in [0, 0.1) is 0 Å². The average Bonchev–Trinajstić information content (AvgIpc) is 3.55. The second-order valence-electron chi connectivity index (χ2n) is 20.3. The van der Waals surface area contributed by atoms with Crippen molar-refractivity contribution in [2.24, 2.45) is 0 Å². The molecule has 0 fully saturated rings. The summed E-state index contributed by atoms with van der Waals surface area (Å²) in [5, 5.41) is 21.6. The number of aliphatic hydroxyl groups is 1. The van der Waals surface area contributed by atoms with Crippen LogP contribution in [-0.2, 0) is 10.2 Å². The fourth-order valence-electron chi connectivity index (χ4n) is 9.95. The minimum atomic E-state index is -0.980. The maximum atomic E-state index is 14.3. The van der Waals surface area contributed by atoms with Crippen LogP contribution in [0.4, 0.5) is 5.69 Å². The molecule has 68 heavy (non-hydrogen) atoms. The molecule has 1 heterocycles. The minimum absolute atomic E-state index is 0.0585. The Labute approximate surface area is 413 Å². The van der Waals surface area contributed by atoms with Gasteiger partial charge in [0.2, 0.25) is 17.2 Å². The number of allylic oxidation sites excluding steroid dienone is 3. The van der Waals surface area contributed by atoms with Crippen LogP contribution in [-0.4, -0.2) is 58.6 Å². The van der Waals surface area contributed by atoms with Crippen molar-refractivity contribution >= 4 is 28.7 Å². The number of hydrogen-bond acceptors (Lipinski definition) is 6. The number of fused-ring (bicyclic) bond motifs is 1. The fraction of sp³-hybridized carbons (Fsp3) is 0.683. The summed E-state index contributed by atoms with van der Waals surface area (Å²) in [7, 11) is 0. The van der Waals surface area contributed by atoms with Crippen molar-refractivity contribution in [2.75, 3.05) is 26.4 Å². The van der Waals surface area contributed by atoms with Gasteiger partial charge in [-0.1, -0.05) is 194 Å². The highest BCUT2D eigenvalue weighted by atomic mass is 16.5. The average molecular weight is 941 g/mol. The molecule has 2 aromatic carbocycles. The van der Waals surface area contributed by atoms with Crippen molar-refractivity contribution in [3.05, 3.63) is 64.4 Å². The first-order valence-electron chi connectivity index (χ1n) is 27.9. The maximum absolute atomic E-state index is 14.3. The van der Waals surface area contributed by atoms with Crippen LogP contribution in [0.15, 0.2) is 47.7 Å². The van der Waals surface area contributed by atoms with Gasteiger partial charge in [0.1, 0.15) is 12.3 Å². The molecule has 0 amide bonds. The standard InChI is InChI=1S/C60H93NO7/c1-7-11-14-17-20-23-26-29-32-35-40-66-52-44-48(55-56(62)49(57(55)63)46-54-60(5,6)50-43-47(59(64)65)38-39-51(50)61(54)10-4)45-53(67-41-36-33-30-27-24-21-18-15-12-8-2)58(52)68-42-37-34-31-28-25-22-19-16-13-9-3/h38-39,43-46H,7-37,40-42H2,1-6H3,(H-,62,63,64,65)/p+1. The Morgan fingerprint density at radius 3 is 1.35 bits per heavy atom. The Bertz CT molecular complexity index is 1870. The van der Waals surface area contributed by atoms with E-state index in [0.29, 0.717) is 49.2 Å². The number of ether oxygens (including phenoxy) is 3. The smallest absolute Gasteiger partial charge is 0.335 e. The van der Waals surface area contributed by atoms with Gasteiger partial charge in [-0.2, -0.15) is 4.58 Å². The second kappa shape index (κ2) is 31.9. The molecule has 0 unspecified atom stereocenters. The highest BCUT2D eigenvalue weighted by Gasteiger charge is 2.47. The molecule has 8 nitrogen and oxygen atoms in total. The monoisotopic (exact) mass is 941 g/mol. The van der Waals surface area contributed by atoms with Crippen LogP contribution in [0.2, 0.25) is 0 Å². The third-order valence-electron chi connectivity index (χ3n) is 14.3. The van der Waals surface area contributed by atoms with E-state index in [1.165, 1.54) is 154 Å². The molecular weight excluding hydrogens is 847 g/mol. The quantitative estimate of drug-likeness (QED) is 0.0389. The summed E-state index contributed by atoms with van der Waals surface area (Å²) in [6, 6.07) is 8.92. The summed E-state index contributed by atoms with van der Waals surface area (Å²) in [4.78, 5) is 26.2. The number of carbonyl (C=O) groups is 2. The highest BCUT2D eigenvalue weighted by molar-refractivity contribution is 6.40. The van der Waals surface area contributed by atoms with Gasteiger partial charge in [0.25, 0.3) is 0 Å². The number of ketones is 1. The van der Waals surface area contributed by atoms with Gasteiger partial charge in [0.05, 0.1) is 41.9 Å². The lowest BCUT2D eigenvalue weighted by Gasteiger charge is -2.25. The van der Waals surface area contributed by atoms with E-state index in [0.717, 1.165) is 55.5 Å². The summed E-state index contributed by atoms with van der Waals surface area (Å²) in [5.74, 6) is 0.421. The Hall–Kier alpha value is -4.07. The van der Waals surface area contributed by atoms with Crippen molar-refractivity contribution in [3.63, 3.8) is 0 Å². The lowest BCUT2D eigenvalue weighted by molar-refractivity contribution is -0.433. The number of hydrogen-bond donors (Lipinski definition) is 2. The van der Waals surface area contributed by atoms with Gasteiger partial charge >= 0.3 is 5.97 Å². The lowest BCUT2D eigenvalue weighted by atomic mass is 9.77. The van der Waals surface area contributed by atoms with Gasteiger partial charge in [0, 0.05) is 17.7 Å². The summed E-state index contributed by atoms with van der Waals surface area (Å²) in [5.41, 5.74) is 3.30. The molecule has 0 spiro atoms. The predicted molar refractivity (Wildman–Crippen MR) is 283 cm³/mol. The first-order valence-corrected chi connectivity index (χ1v) is 27.9. The molecule has 380 valence electrons. The summed E-state index contributed by atoms with van der Waals surface area (Å²) in [6.07, 6.45) is 38.9. The summed E-state index contributed by atoms with van der Waals surface area (Å²) >= 11 is 0. The molecule has 2 N–H and O–H groups in total. The van der Waals surface area contributed by atoms with Crippen LogP contribution < -0.4 is 14.2 Å². The fourth-order valence-corrected chi connectivity index (χ4v) is 9.95. The van der Waals surface area contributed by atoms with Crippen molar-refractivity contribution < 1.29 is 38.6 Å². The molecule has 0 saturated heterocycles. The van der Waals surface area contributed by atoms with Gasteiger partial charge in [-0.25, -0.2) is 4.79 Å². The van der Waals surface area contributed by atoms with E-state index in [-0.39, 0.29) is 28.3 Å². The van der Waals surface area contributed by atoms with Gasteiger partial charge in [0.15, 0.2) is 17.2 Å². The number of carboxylic acids is 1. The Morgan fingerprint density at radius 1 is 0.574 bits per heavy atom. The Kier molecular flexibility index (Phi) is 26.5. The zero-order chi connectivity index (χ0) is 49.0. The molecule has 2 aromatic rings. The number of aliphatic hydroxyl groups excluding tert-OH is 1. The topological polar surface area (TPSA) is 105 Å².